The van der Waals surface area contributed by atoms with Gasteiger partial charge in [-0.3, -0.25) is 0 Å². The normalized spacial score (nSPS) is 10.2. The summed E-state index contributed by atoms with van der Waals surface area (Å²) in [5, 5.41) is 7.73. The molecule has 0 saturated heterocycles. The van der Waals surface area contributed by atoms with Crippen molar-refractivity contribution in [3.63, 3.8) is 0 Å². The number of nitrogens with two attached hydrogens (primary N) is 1. The van der Waals surface area contributed by atoms with Crippen LogP contribution in [0.1, 0.15) is 18.9 Å². The third-order valence-electron chi connectivity index (χ3n) is 2.50. The maximum absolute atomic E-state index is 5.65. The largest absolute Gasteiger partial charge is 0.494 e. The van der Waals surface area contributed by atoms with Gasteiger partial charge >= 0.3 is 0 Å². The zero-order chi connectivity index (χ0) is 13.5. The van der Waals surface area contributed by atoms with Crippen molar-refractivity contribution >= 4 is 0 Å². The fourth-order valence-corrected chi connectivity index (χ4v) is 1.52. The van der Waals surface area contributed by atoms with Crippen molar-refractivity contribution in [2.45, 2.75) is 19.9 Å². The van der Waals surface area contributed by atoms with E-state index in [1.165, 1.54) is 0 Å². The maximum Gasteiger partial charge on any atom is 0.243 e. The quantitative estimate of drug-likeness (QED) is 0.863. The third kappa shape index (κ3) is 3.66. The van der Waals surface area contributed by atoms with Gasteiger partial charge in [-0.05, 0) is 36.8 Å². The van der Waals surface area contributed by atoms with E-state index in [0.29, 0.717) is 24.8 Å². The predicted molar refractivity (Wildman–Crippen MR) is 72.2 cm³/mol. The second-order valence-corrected chi connectivity index (χ2v) is 3.99. The van der Waals surface area contributed by atoms with Crippen LogP contribution in [-0.4, -0.2) is 16.8 Å². The highest BCUT2D eigenvalue weighted by Crippen LogP contribution is 2.24. The Morgan fingerprint density at radius 2 is 1.84 bits per heavy atom. The second kappa shape index (κ2) is 6.70. The topological polar surface area (TPSA) is 70.3 Å². The van der Waals surface area contributed by atoms with E-state index in [9.17, 15) is 0 Å². The van der Waals surface area contributed by atoms with Crippen molar-refractivity contribution in [1.82, 2.24) is 10.2 Å². The lowest BCUT2D eigenvalue weighted by Gasteiger charge is -2.08. The van der Waals surface area contributed by atoms with Crippen LogP contribution in [0.25, 0.3) is 0 Å². The van der Waals surface area contributed by atoms with E-state index < -0.39 is 0 Å². The number of benzene rings is 1. The van der Waals surface area contributed by atoms with E-state index in [-0.39, 0.29) is 0 Å². The molecule has 0 aliphatic rings. The first-order chi connectivity index (χ1) is 9.33. The number of rotatable bonds is 6. The first-order valence-electron chi connectivity index (χ1n) is 6.25. The van der Waals surface area contributed by atoms with Crippen molar-refractivity contribution in [3.8, 4) is 17.4 Å². The van der Waals surface area contributed by atoms with Crippen LogP contribution >= 0.6 is 0 Å². The monoisotopic (exact) mass is 259 g/mol. The summed E-state index contributed by atoms with van der Waals surface area (Å²) in [6.07, 6.45) is 2.58. The van der Waals surface area contributed by atoms with Gasteiger partial charge in [-0.15, -0.1) is 5.10 Å². The summed E-state index contributed by atoms with van der Waals surface area (Å²) in [6.45, 7) is 3.14. The summed E-state index contributed by atoms with van der Waals surface area (Å²) in [4.78, 5) is 0. The molecule has 0 atom stereocenters. The maximum atomic E-state index is 5.65. The van der Waals surface area contributed by atoms with Crippen molar-refractivity contribution in [3.05, 3.63) is 42.1 Å². The fraction of sp³-hybridized carbons (Fsp3) is 0.286. The molecule has 0 spiro atoms. The van der Waals surface area contributed by atoms with Crippen LogP contribution in [0.3, 0.4) is 0 Å². The summed E-state index contributed by atoms with van der Waals surface area (Å²) < 4.78 is 11.2. The van der Waals surface area contributed by atoms with Gasteiger partial charge in [-0.25, -0.2) is 0 Å². The average molecular weight is 259 g/mol. The first-order valence-corrected chi connectivity index (χ1v) is 6.25. The lowest BCUT2D eigenvalue weighted by Crippen LogP contribution is -2.02. The van der Waals surface area contributed by atoms with E-state index in [2.05, 4.69) is 17.1 Å². The molecule has 5 nitrogen and oxygen atoms in total. The molecule has 0 radical (unpaired) electrons. The number of nitrogens with zero attached hydrogens (tertiary/aromatic N) is 2. The van der Waals surface area contributed by atoms with Crippen molar-refractivity contribution in [1.29, 1.82) is 0 Å². The van der Waals surface area contributed by atoms with Crippen LogP contribution in [0.5, 0.6) is 17.4 Å². The van der Waals surface area contributed by atoms with Gasteiger partial charge in [0.25, 0.3) is 0 Å². The van der Waals surface area contributed by atoms with Crippen LogP contribution in [0, 0.1) is 0 Å². The highest BCUT2D eigenvalue weighted by molar-refractivity contribution is 5.35. The Labute approximate surface area is 112 Å². The predicted octanol–water partition coefficient (Wildman–Crippen LogP) is 2.52. The number of hydrogen-bond acceptors (Lipinski definition) is 5. The van der Waals surface area contributed by atoms with Crippen molar-refractivity contribution < 1.29 is 9.47 Å². The van der Waals surface area contributed by atoms with Crippen LogP contribution in [0.4, 0.5) is 0 Å². The fourth-order valence-electron chi connectivity index (χ4n) is 1.52. The van der Waals surface area contributed by atoms with Gasteiger partial charge < -0.3 is 15.2 Å². The van der Waals surface area contributed by atoms with E-state index in [0.717, 1.165) is 17.7 Å². The van der Waals surface area contributed by atoms with Gasteiger partial charge in [0.15, 0.2) is 0 Å². The van der Waals surface area contributed by atoms with Gasteiger partial charge in [0, 0.05) is 12.1 Å². The Balaban J connectivity index is 2.06. The van der Waals surface area contributed by atoms with Crippen LogP contribution < -0.4 is 15.2 Å². The smallest absolute Gasteiger partial charge is 0.243 e. The summed E-state index contributed by atoms with van der Waals surface area (Å²) in [5.41, 5.74) is 6.44. The third-order valence-corrected chi connectivity index (χ3v) is 2.50. The summed E-state index contributed by atoms with van der Waals surface area (Å²) in [6, 6.07) is 9.19. The molecule has 100 valence electrons. The molecule has 2 N–H and O–H groups in total. The molecule has 1 heterocycles. The molecular formula is C14H17N3O2. The molecule has 2 rings (SSSR count). The lowest BCUT2D eigenvalue weighted by molar-refractivity contribution is 0.317. The molecule has 5 heteroatoms. The van der Waals surface area contributed by atoms with Crippen LogP contribution in [0.15, 0.2) is 36.5 Å². The summed E-state index contributed by atoms with van der Waals surface area (Å²) in [7, 11) is 0. The number of aromatic nitrogens is 2. The molecule has 0 unspecified atom stereocenters. The minimum atomic E-state index is 0.364. The number of hydrogen-bond donors (Lipinski definition) is 1. The van der Waals surface area contributed by atoms with Gasteiger partial charge in [0.05, 0.1) is 12.8 Å². The van der Waals surface area contributed by atoms with E-state index in [1.54, 1.807) is 12.3 Å². The van der Waals surface area contributed by atoms with E-state index >= 15 is 0 Å². The SMILES string of the molecule is CCCOc1ccc(Oc2nnccc2CN)cc1. The Hall–Kier alpha value is -2.14. The Morgan fingerprint density at radius 3 is 2.53 bits per heavy atom. The van der Waals surface area contributed by atoms with Gasteiger partial charge in [-0.2, -0.15) is 5.10 Å². The second-order valence-electron chi connectivity index (χ2n) is 3.99. The van der Waals surface area contributed by atoms with Crippen molar-refractivity contribution in [2.75, 3.05) is 6.61 Å². The molecule has 0 saturated carbocycles. The minimum absolute atomic E-state index is 0.364. The molecule has 1 aromatic carbocycles. The van der Waals surface area contributed by atoms with Crippen molar-refractivity contribution in [2.24, 2.45) is 5.73 Å². The molecule has 0 fully saturated rings. The van der Waals surface area contributed by atoms with Crippen LogP contribution in [0.2, 0.25) is 0 Å². The zero-order valence-electron chi connectivity index (χ0n) is 10.9. The first kappa shape index (κ1) is 13.3. The molecule has 2 aromatic rings. The molecule has 0 aliphatic heterocycles. The highest BCUT2D eigenvalue weighted by atomic mass is 16.5. The molecule has 0 aliphatic carbocycles. The van der Waals surface area contributed by atoms with E-state index in [4.69, 9.17) is 15.2 Å². The van der Waals surface area contributed by atoms with Gasteiger partial charge in [-0.1, -0.05) is 6.92 Å². The molecule has 1 aromatic heterocycles. The lowest BCUT2D eigenvalue weighted by atomic mass is 10.3. The Kier molecular flexibility index (Phi) is 4.69. The minimum Gasteiger partial charge on any atom is -0.494 e. The standard InChI is InChI=1S/C14H17N3O2/c1-2-9-18-12-3-5-13(6-4-12)19-14-11(10-15)7-8-16-17-14/h3-8H,2,9-10,15H2,1H3. The highest BCUT2D eigenvalue weighted by Gasteiger charge is 2.05. The van der Waals surface area contributed by atoms with E-state index in [1.807, 2.05) is 24.3 Å². The summed E-state index contributed by atoms with van der Waals surface area (Å²) in [5.74, 6) is 1.94. The molecular weight excluding hydrogens is 242 g/mol. The van der Waals surface area contributed by atoms with Gasteiger partial charge in [0.2, 0.25) is 5.88 Å². The average Bonchev–Trinajstić information content (AvgIpc) is 2.47. The summed E-state index contributed by atoms with van der Waals surface area (Å²) >= 11 is 0. The van der Waals surface area contributed by atoms with Gasteiger partial charge in [0.1, 0.15) is 11.5 Å². The van der Waals surface area contributed by atoms with Crippen LogP contribution in [-0.2, 0) is 6.54 Å². The molecule has 19 heavy (non-hydrogen) atoms. The molecule has 0 amide bonds. The Morgan fingerprint density at radius 1 is 1.11 bits per heavy atom. The number of ether oxygens (including phenoxy) is 2. The zero-order valence-corrected chi connectivity index (χ0v) is 10.9. The molecule has 0 bridgehead atoms. The Bertz CT molecular complexity index is 514.